The summed E-state index contributed by atoms with van der Waals surface area (Å²) in [4.78, 5) is 24.5. The van der Waals surface area contributed by atoms with Gasteiger partial charge < -0.3 is 15.7 Å². The molecule has 0 unspecified atom stereocenters. The minimum atomic E-state index is -3.63. The molecule has 1 fully saturated rings. The summed E-state index contributed by atoms with van der Waals surface area (Å²) in [6, 6.07) is 12.1. The molecule has 1 aliphatic heterocycles. The van der Waals surface area contributed by atoms with E-state index in [1.807, 2.05) is 0 Å². The molecule has 2 aromatic carbocycles. The molecule has 0 bridgehead atoms. The number of hydrogen-bond donors (Lipinski definition) is 3. The number of piperidine rings is 1. The van der Waals surface area contributed by atoms with E-state index in [0.717, 1.165) is 0 Å². The fourth-order valence-electron chi connectivity index (χ4n) is 3.21. The first kappa shape index (κ1) is 22.1. The number of aromatic hydroxyl groups is 1. The van der Waals surface area contributed by atoms with Gasteiger partial charge in [-0.3, -0.25) is 9.59 Å². The van der Waals surface area contributed by atoms with E-state index < -0.39 is 15.9 Å². The molecule has 0 aromatic heterocycles. The molecule has 2 aromatic rings. The van der Waals surface area contributed by atoms with Crippen molar-refractivity contribution in [3.63, 3.8) is 0 Å². The van der Waals surface area contributed by atoms with Crippen molar-refractivity contribution in [2.24, 2.45) is 5.92 Å². The Labute approximate surface area is 179 Å². The molecule has 2 amide bonds. The van der Waals surface area contributed by atoms with Crippen molar-refractivity contribution in [3.05, 3.63) is 53.6 Å². The monoisotopic (exact) mass is 451 g/mol. The third-order valence-electron chi connectivity index (χ3n) is 4.83. The maximum Gasteiger partial charge on any atom is 0.243 e. The first-order chi connectivity index (χ1) is 14.3. The standard InChI is InChI=1S/C20H22ClN3O5S/c21-15-4-6-18(7-5-15)30(28,29)24-10-8-14(9-11-24)20(27)22-13-19(26)23-16-2-1-3-17(25)12-16/h1-7,12,14,25H,8-11,13H2,(H,22,27)(H,23,26). The summed E-state index contributed by atoms with van der Waals surface area (Å²) in [6.45, 7) is 0.231. The average molecular weight is 452 g/mol. The molecule has 8 nitrogen and oxygen atoms in total. The largest absolute Gasteiger partial charge is 0.508 e. The van der Waals surface area contributed by atoms with Gasteiger partial charge in [-0.25, -0.2) is 8.42 Å². The Balaban J connectivity index is 1.48. The number of sulfonamides is 1. The van der Waals surface area contributed by atoms with Crippen molar-refractivity contribution in [2.75, 3.05) is 25.0 Å². The fraction of sp³-hybridized carbons (Fsp3) is 0.300. The molecular weight excluding hydrogens is 430 g/mol. The van der Waals surface area contributed by atoms with Gasteiger partial charge in [0, 0.05) is 35.8 Å². The molecule has 1 heterocycles. The van der Waals surface area contributed by atoms with Gasteiger partial charge in [0.2, 0.25) is 21.8 Å². The van der Waals surface area contributed by atoms with E-state index in [0.29, 0.717) is 23.6 Å². The number of phenolic OH excluding ortho intramolecular Hbond substituents is 1. The highest BCUT2D eigenvalue weighted by atomic mass is 35.5. The maximum atomic E-state index is 12.7. The van der Waals surface area contributed by atoms with Crippen LogP contribution < -0.4 is 10.6 Å². The number of benzene rings is 2. The molecule has 0 spiro atoms. The van der Waals surface area contributed by atoms with Crippen molar-refractivity contribution < 1.29 is 23.1 Å². The van der Waals surface area contributed by atoms with Crippen molar-refractivity contribution in [2.45, 2.75) is 17.7 Å². The summed E-state index contributed by atoms with van der Waals surface area (Å²) in [6.07, 6.45) is 0.736. The lowest BCUT2D eigenvalue weighted by molar-refractivity contribution is -0.128. The van der Waals surface area contributed by atoms with Gasteiger partial charge in [-0.05, 0) is 49.2 Å². The first-order valence-electron chi connectivity index (χ1n) is 9.38. The molecule has 1 saturated heterocycles. The van der Waals surface area contributed by atoms with Crippen LogP contribution in [0.4, 0.5) is 5.69 Å². The van der Waals surface area contributed by atoms with Crippen molar-refractivity contribution in [1.29, 1.82) is 0 Å². The van der Waals surface area contributed by atoms with Crippen LogP contribution in [0.15, 0.2) is 53.4 Å². The number of carbonyl (C=O) groups excluding carboxylic acids is 2. The highest BCUT2D eigenvalue weighted by Gasteiger charge is 2.32. The van der Waals surface area contributed by atoms with E-state index in [2.05, 4.69) is 10.6 Å². The van der Waals surface area contributed by atoms with Crippen LogP contribution in [0.2, 0.25) is 5.02 Å². The Kier molecular flexibility index (Phi) is 6.96. The highest BCUT2D eigenvalue weighted by Crippen LogP contribution is 2.25. The Morgan fingerprint density at radius 2 is 1.77 bits per heavy atom. The van der Waals surface area contributed by atoms with Gasteiger partial charge in [0.1, 0.15) is 5.75 Å². The van der Waals surface area contributed by atoms with Crippen molar-refractivity contribution in [1.82, 2.24) is 9.62 Å². The average Bonchev–Trinajstić information content (AvgIpc) is 2.72. The second-order valence-electron chi connectivity index (χ2n) is 6.95. The Bertz CT molecular complexity index is 1020. The summed E-state index contributed by atoms with van der Waals surface area (Å²) in [5.41, 5.74) is 0.426. The summed E-state index contributed by atoms with van der Waals surface area (Å²) >= 11 is 5.81. The molecule has 0 saturated carbocycles. The van der Waals surface area contributed by atoms with Crippen LogP contribution in [0.3, 0.4) is 0 Å². The number of nitrogens with zero attached hydrogens (tertiary/aromatic N) is 1. The zero-order chi connectivity index (χ0) is 21.7. The number of halogens is 1. The lowest BCUT2D eigenvalue weighted by Crippen LogP contribution is -2.44. The molecule has 0 radical (unpaired) electrons. The van der Waals surface area contributed by atoms with Crippen LogP contribution in [0, 0.1) is 5.92 Å². The van der Waals surface area contributed by atoms with Gasteiger partial charge in [-0.2, -0.15) is 4.31 Å². The van der Waals surface area contributed by atoms with Gasteiger partial charge in [0.05, 0.1) is 11.4 Å². The minimum absolute atomic E-state index is 0.0251. The Hall–Kier alpha value is -2.62. The third-order valence-corrected chi connectivity index (χ3v) is 6.99. The van der Waals surface area contributed by atoms with Gasteiger partial charge in [-0.1, -0.05) is 17.7 Å². The number of phenols is 1. The van der Waals surface area contributed by atoms with Crippen LogP contribution in [-0.4, -0.2) is 49.3 Å². The Morgan fingerprint density at radius 3 is 2.40 bits per heavy atom. The molecule has 0 atom stereocenters. The quantitative estimate of drug-likeness (QED) is 0.622. The minimum Gasteiger partial charge on any atom is -0.508 e. The highest BCUT2D eigenvalue weighted by molar-refractivity contribution is 7.89. The fourth-order valence-corrected chi connectivity index (χ4v) is 4.81. The maximum absolute atomic E-state index is 12.7. The zero-order valence-corrected chi connectivity index (χ0v) is 17.6. The van der Waals surface area contributed by atoms with Crippen LogP contribution in [-0.2, 0) is 19.6 Å². The predicted octanol–water partition coefficient (Wildman–Crippen LogP) is 2.20. The lowest BCUT2D eigenvalue weighted by atomic mass is 9.97. The second-order valence-corrected chi connectivity index (χ2v) is 9.32. The van der Waals surface area contributed by atoms with E-state index in [1.54, 1.807) is 12.1 Å². The topological polar surface area (TPSA) is 116 Å². The zero-order valence-electron chi connectivity index (χ0n) is 16.0. The lowest BCUT2D eigenvalue weighted by Gasteiger charge is -2.30. The SMILES string of the molecule is O=C(CNC(=O)C1CCN(S(=O)(=O)c2ccc(Cl)cc2)CC1)Nc1cccc(O)c1. The summed E-state index contributed by atoms with van der Waals surface area (Å²) in [5.74, 6) is -1.05. The van der Waals surface area contributed by atoms with Gasteiger partial charge in [-0.15, -0.1) is 0 Å². The van der Waals surface area contributed by atoms with Gasteiger partial charge >= 0.3 is 0 Å². The molecule has 160 valence electrons. The van der Waals surface area contributed by atoms with Gasteiger partial charge in [0.15, 0.2) is 0 Å². The van der Waals surface area contributed by atoms with Crippen LogP contribution >= 0.6 is 11.6 Å². The molecule has 0 aliphatic carbocycles. The van der Waals surface area contributed by atoms with E-state index in [4.69, 9.17) is 11.6 Å². The molecule has 3 rings (SSSR count). The van der Waals surface area contributed by atoms with E-state index in [-0.39, 0.29) is 42.1 Å². The number of amides is 2. The molecule has 1 aliphatic rings. The van der Waals surface area contributed by atoms with Crippen molar-refractivity contribution in [3.8, 4) is 5.75 Å². The van der Waals surface area contributed by atoms with E-state index in [1.165, 1.54) is 40.7 Å². The molecule has 10 heteroatoms. The van der Waals surface area contributed by atoms with E-state index in [9.17, 15) is 23.1 Å². The molecular formula is C20H22ClN3O5S. The molecule has 30 heavy (non-hydrogen) atoms. The number of hydrogen-bond acceptors (Lipinski definition) is 5. The summed E-state index contributed by atoms with van der Waals surface area (Å²) in [5, 5.41) is 15.0. The number of carbonyl (C=O) groups is 2. The summed E-state index contributed by atoms with van der Waals surface area (Å²) in [7, 11) is -3.63. The number of nitrogens with one attached hydrogen (secondary N) is 2. The Morgan fingerprint density at radius 1 is 1.10 bits per heavy atom. The number of anilines is 1. The normalized spacial score (nSPS) is 15.5. The van der Waals surface area contributed by atoms with Crippen molar-refractivity contribution >= 4 is 39.1 Å². The molecule has 3 N–H and O–H groups in total. The first-order valence-corrected chi connectivity index (χ1v) is 11.2. The van der Waals surface area contributed by atoms with Gasteiger partial charge in [0.25, 0.3) is 0 Å². The van der Waals surface area contributed by atoms with Crippen LogP contribution in [0.1, 0.15) is 12.8 Å². The number of rotatable bonds is 6. The van der Waals surface area contributed by atoms with Crippen LogP contribution in [0.25, 0.3) is 0 Å². The predicted molar refractivity (Wildman–Crippen MR) is 113 cm³/mol. The van der Waals surface area contributed by atoms with E-state index >= 15 is 0 Å². The van der Waals surface area contributed by atoms with Crippen LogP contribution in [0.5, 0.6) is 5.75 Å². The third kappa shape index (κ3) is 5.50. The summed E-state index contributed by atoms with van der Waals surface area (Å²) < 4.78 is 26.8. The smallest absolute Gasteiger partial charge is 0.243 e. The second kappa shape index (κ2) is 9.46.